The summed E-state index contributed by atoms with van der Waals surface area (Å²) in [5.74, 6) is 0.939. The van der Waals surface area contributed by atoms with Crippen molar-refractivity contribution in [3.05, 3.63) is 36.1 Å². The Morgan fingerprint density at radius 3 is 2.62 bits per heavy atom. The summed E-state index contributed by atoms with van der Waals surface area (Å²) in [5, 5.41) is 10.6. The van der Waals surface area contributed by atoms with E-state index >= 15 is 0 Å². The molecule has 2 nitrogen and oxygen atoms in total. The van der Waals surface area contributed by atoms with Crippen molar-refractivity contribution >= 4 is 11.0 Å². The number of benzene rings is 1. The van der Waals surface area contributed by atoms with E-state index in [1.165, 1.54) is 0 Å². The number of fused-ring (bicyclic) bond motifs is 1. The summed E-state index contributed by atoms with van der Waals surface area (Å²) in [5.41, 5.74) is 0.781. The fourth-order valence-electron chi connectivity index (χ4n) is 2.15. The van der Waals surface area contributed by atoms with Crippen molar-refractivity contribution in [1.82, 2.24) is 0 Å². The molecule has 0 fully saturated rings. The Morgan fingerprint density at radius 2 is 2.00 bits per heavy atom. The molecule has 2 rings (SSSR count). The normalized spacial score (nSPS) is 14.2. The fraction of sp³-hybridized carbons (Fsp3) is 0.429. The summed E-state index contributed by atoms with van der Waals surface area (Å²) < 4.78 is 5.82. The molecule has 0 saturated heterocycles. The highest BCUT2D eigenvalue weighted by Gasteiger charge is 2.26. The van der Waals surface area contributed by atoms with Gasteiger partial charge in [0, 0.05) is 10.8 Å². The molecular formula is C14H18O2. The molecule has 1 N–H and O–H groups in total. The van der Waals surface area contributed by atoms with E-state index in [2.05, 4.69) is 19.9 Å². The van der Waals surface area contributed by atoms with Gasteiger partial charge in [-0.05, 0) is 25.5 Å². The standard InChI is InChI=1S/C14H18O2/c1-10(15)9-14(2,3)13-8-11-6-4-5-7-12(11)16-13/h4-8,10,15H,9H2,1-3H3. The van der Waals surface area contributed by atoms with Gasteiger partial charge < -0.3 is 9.52 Å². The van der Waals surface area contributed by atoms with Gasteiger partial charge in [-0.3, -0.25) is 0 Å². The first-order valence-electron chi connectivity index (χ1n) is 5.66. The maximum Gasteiger partial charge on any atom is 0.134 e. The van der Waals surface area contributed by atoms with Gasteiger partial charge in [0.15, 0.2) is 0 Å². The smallest absolute Gasteiger partial charge is 0.134 e. The molecule has 16 heavy (non-hydrogen) atoms. The lowest BCUT2D eigenvalue weighted by atomic mass is 9.84. The Balaban J connectivity index is 2.39. The third-order valence-electron chi connectivity index (χ3n) is 2.90. The maximum absolute atomic E-state index is 9.48. The van der Waals surface area contributed by atoms with Crippen molar-refractivity contribution in [3.8, 4) is 0 Å². The third-order valence-corrected chi connectivity index (χ3v) is 2.90. The van der Waals surface area contributed by atoms with Crippen LogP contribution in [0.15, 0.2) is 34.7 Å². The minimum Gasteiger partial charge on any atom is -0.461 e. The minimum absolute atomic E-state index is 0.132. The van der Waals surface area contributed by atoms with E-state index in [4.69, 9.17) is 4.42 Å². The Bertz CT molecular complexity index is 447. The number of hydrogen-bond donors (Lipinski definition) is 1. The zero-order valence-electron chi connectivity index (χ0n) is 10.0. The van der Waals surface area contributed by atoms with E-state index in [0.29, 0.717) is 6.42 Å². The molecule has 2 heteroatoms. The Hall–Kier alpha value is -1.28. The Morgan fingerprint density at radius 1 is 1.31 bits per heavy atom. The lowest BCUT2D eigenvalue weighted by Gasteiger charge is -2.23. The molecule has 1 atom stereocenters. The van der Waals surface area contributed by atoms with Crippen molar-refractivity contribution in [2.45, 2.75) is 38.7 Å². The van der Waals surface area contributed by atoms with E-state index in [-0.39, 0.29) is 11.5 Å². The highest BCUT2D eigenvalue weighted by molar-refractivity contribution is 5.77. The Kier molecular flexibility index (Phi) is 2.76. The first kappa shape index (κ1) is 11.2. The molecule has 0 bridgehead atoms. The topological polar surface area (TPSA) is 33.4 Å². The van der Waals surface area contributed by atoms with Crippen LogP contribution in [0.2, 0.25) is 0 Å². The van der Waals surface area contributed by atoms with Gasteiger partial charge in [-0.2, -0.15) is 0 Å². The summed E-state index contributed by atoms with van der Waals surface area (Å²) >= 11 is 0. The van der Waals surface area contributed by atoms with Gasteiger partial charge in [0.25, 0.3) is 0 Å². The highest BCUT2D eigenvalue weighted by Crippen LogP contribution is 2.32. The van der Waals surface area contributed by atoms with Gasteiger partial charge in [-0.15, -0.1) is 0 Å². The highest BCUT2D eigenvalue weighted by atomic mass is 16.3. The van der Waals surface area contributed by atoms with Crippen LogP contribution in [0.4, 0.5) is 0 Å². The quantitative estimate of drug-likeness (QED) is 0.855. The van der Waals surface area contributed by atoms with Crippen LogP contribution < -0.4 is 0 Å². The first-order chi connectivity index (χ1) is 7.49. The van der Waals surface area contributed by atoms with Crippen molar-refractivity contribution in [1.29, 1.82) is 0 Å². The van der Waals surface area contributed by atoms with Crippen LogP contribution in [0.25, 0.3) is 11.0 Å². The summed E-state index contributed by atoms with van der Waals surface area (Å²) in [6.45, 7) is 6.00. The van der Waals surface area contributed by atoms with E-state index in [1.807, 2.05) is 31.2 Å². The molecule has 0 saturated carbocycles. The number of rotatable bonds is 3. The number of aliphatic hydroxyl groups excluding tert-OH is 1. The second-order valence-corrected chi connectivity index (χ2v) is 5.09. The molecule has 0 spiro atoms. The van der Waals surface area contributed by atoms with Gasteiger partial charge in [0.2, 0.25) is 0 Å². The van der Waals surface area contributed by atoms with Gasteiger partial charge in [0.1, 0.15) is 11.3 Å². The van der Waals surface area contributed by atoms with E-state index in [9.17, 15) is 5.11 Å². The van der Waals surface area contributed by atoms with Crippen molar-refractivity contribution in [2.75, 3.05) is 0 Å². The second kappa shape index (κ2) is 3.95. The molecule has 86 valence electrons. The average molecular weight is 218 g/mol. The number of hydrogen-bond acceptors (Lipinski definition) is 2. The van der Waals surface area contributed by atoms with Gasteiger partial charge in [-0.1, -0.05) is 32.0 Å². The minimum atomic E-state index is -0.316. The molecule has 0 aliphatic carbocycles. The molecule has 0 aliphatic rings. The maximum atomic E-state index is 9.48. The summed E-state index contributed by atoms with van der Waals surface area (Å²) in [7, 11) is 0. The molecule has 0 radical (unpaired) electrons. The van der Waals surface area contributed by atoms with E-state index < -0.39 is 0 Å². The molecule has 0 aliphatic heterocycles. The van der Waals surface area contributed by atoms with Gasteiger partial charge in [-0.25, -0.2) is 0 Å². The Labute approximate surface area is 95.9 Å². The molecule has 1 aromatic carbocycles. The SMILES string of the molecule is CC(O)CC(C)(C)c1cc2ccccc2o1. The van der Waals surface area contributed by atoms with Crippen LogP contribution in [0.5, 0.6) is 0 Å². The number of aliphatic hydroxyl groups is 1. The summed E-state index contributed by atoms with van der Waals surface area (Å²) in [6.07, 6.45) is 0.385. The van der Waals surface area contributed by atoms with Crippen LogP contribution in [-0.2, 0) is 5.41 Å². The van der Waals surface area contributed by atoms with Crippen LogP contribution in [-0.4, -0.2) is 11.2 Å². The van der Waals surface area contributed by atoms with Crippen molar-refractivity contribution < 1.29 is 9.52 Å². The molecule has 1 aromatic heterocycles. The van der Waals surface area contributed by atoms with Crippen LogP contribution in [0.3, 0.4) is 0 Å². The molecular weight excluding hydrogens is 200 g/mol. The van der Waals surface area contributed by atoms with Crippen molar-refractivity contribution in [3.63, 3.8) is 0 Å². The zero-order valence-corrected chi connectivity index (χ0v) is 10.0. The number of para-hydroxylation sites is 1. The van der Waals surface area contributed by atoms with Crippen LogP contribution >= 0.6 is 0 Å². The second-order valence-electron chi connectivity index (χ2n) is 5.09. The predicted molar refractivity (Wildman–Crippen MR) is 65.5 cm³/mol. The molecule has 1 unspecified atom stereocenters. The fourth-order valence-corrected chi connectivity index (χ4v) is 2.15. The predicted octanol–water partition coefficient (Wildman–Crippen LogP) is 3.48. The average Bonchev–Trinajstić information content (AvgIpc) is 2.59. The monoisotopic (exact) mass is 218 g/mol. The van der Waals surface area contributed by atoms with Gasteiger partial charge in [0.05, 0.1) is 6.10 Å². The largest absolute Gasteiger partial charge is 0.461 e. The molecule has 0 amide bonds. The van der Waals surface area contributed by atoms with Crippen LogP contribution in [0, 0.1) is 0 Å². The van der Waals surface area contributed by atoms with E-state index in [1.54, 1.807) is 0 Å². The third kappa shape index (κ3) is 2.12. The lowest BCUT2D eigenvalue weighted by Crippen LogP contribution is -2.22. The van der Waals surface area contributed by atoms with Crippen LogP contribution in [0.1, 0.15) is 33.0 Å². The zero-order chi connectivity index (χ0) is 11.8. The number of furan rings is 1. The molecule has 1 heterocycles. The summed E-state index contributed by atoms with van der Waals surface area (Å²) in [6, 6.07) is 10.1. The summed E-state index contributed by atoms with van der Waals surface area (Å²) in [4.78, 5) is 0. The van der Waals surface area contributed by atoms with Gasteiger partial charge >= 0.3 is 0 Å². The first-order valence-corrected chi connectivity index (χ1v) is 5.66. The lowest BCUT2D eigenvalue weighted by molar-refractivity contribution is 0.150. The van der Waals surface area contributed by atoms with Crippen molar-refractivity contribution in [2.24, 2.45) is 0 Å². The molecule has 2 aromatic rings. The van der Waals surface area contributed by atoms with E-state index in [0.717, 1.165) is 16.7 Å².